The first-order chi connectivity index (χ1) is 15.9. The highest BCUT2D eigenvalue weighted by Crippen LogP contribution is 2.24. The van der Waals surface area contributed by atoms with Crippen molar-refractivity contribution in [3.8, 4) is 17.4 Å². The number of nitrogens with zero attached hydrogens (tertiary/aromatic N) is 4. The van der Waals surface area contributed by atoms with Gasteiger partial charge in [-0.15, -0.1) is 0 Å². The molecule has 0 aliphatic carbocycles. The Kier molecular flexibility index (Phi) is 6.51. The van der Waals surface area contributed by atoms with Crippen molar-refractivity contribution in [3.63, 3.8) is 0 Å². The molecule has 1 N–H and O–H groups in total. The second-order valence-corrected chi connectivity index (χ2v) is 7.77. The average molecular weight is 460 g/mol. The van der Waals surface area contributed by atoms with Crippen molar-refractivity contribution in [2.45, 2.75) is 20.8 Å². The highest BCUT2D eigenvalue weighted by Gasteiger charge is 2.10. The van der Waals surface area contributed by atoms with E-state index in [1.54, 1.807) is 48.8 Å². The van der Waals surface area contributed by atoms with E-state index in [2.05, 4.69) is 20.3 Å². The lowest BCUT2D eigenvalue weighted by Crippen LogP contribution is -2.07. The van der Waals surface area contributed by atoms with Crippen LogP contribution in [0.5, 0.6) is 11.6 Å². The molecule has 0 spiro atoms. The smallest absolute Gasteiger partial charge is 0.248 e. The number of hydrogen-bond acceptors (Lipinski definition) is 5. The van der Waals surface area contributed by atoms with Crippen molar-refractivity contribution in [2.75, 3.05) is 5.32 Å². The number of nitrogens with one attached hydrogen (secondary N) is 1. The van der Waals surface area contributed by atoms with Crippen molar-refractivity contribution in [2.24, 2.45) is 0 Å². The van der Waals surface area contributed by atoms with Gasteiger partial charge in [-0.05, 0) is 62.7 Å². The first kappa shape index (κ1) is 22.2. The standard InChI is InChI=1S/C25H22ClN5O2/c1-16-17(2)31(15-27-16)23-14-25(29-18(3)28-23)33-21-11-9-20(10-12-21)30-24(32)13-8-19-6-4-5-7-22(19)26/h4-15H,1-3H3,(H,30,32)/b13-8+. The molecule has 0 atom stereocenters. The fourth-order valence-corrected chi connectivity index (χ4v) is 3.32. The molecule has 8 heteroatoms. The third-order valence-corrected chi connectivity index (χ3v) is 5.31. The summed E-state index contributed by atoms with van der Waals surface area (Å²) in [6.07, 6.45) is 4.85. The highest BCUT2D eigenvalue weighted by atomic mass is 35.5. The van der Waals surface area contributed by atoms with E-state index in [-0.39, 0.29) is 5.91 Å². The van der Waals surface area contributed by atoms with E-state index in [0.29, 0.717) is 34.0 Å². The fourth-order valence-electron chi connectivity index (χ4n) is 3.12. The Morgan fingerprint density at radius 2 is 1.82 bits per heavy atom. The number of carbonyl (C=O) groups is 1. The molecule has 0 aliphatic heterocycles. The van der Waals surface area contributed by atoms with Crippen LogP contribution in [-0.2, 0) is 4.79 Å². The third kappa shape index (κ3) is 5.45. The number of halogens is 1. The molecule has 0 saturated carbocycles. The maximum atomic E-state index is 12.2. The molecule has 2 heterocycles. The van der Waals surface area contributed by atoms with Gasteiger partial charge in [0.1, 0.15) is 23.7 Å². The first-order valence-electron chi connectivity index (χ1n) is 10.3. The average Bonchev–Trinajstić information content (AvgIpc) is 3.12. The number of imidazole rings is 1. The zero-order valence-electron chi connectivity index (χ0n) is 18.4. The van der Waals surface area contributed by atoms with Crippen LogP contribution in [0.4, 0.5) is 5.69 Å². The summed E-state index contributed by atoms with van der Waals surface area (Å²) in [7, 11) is 0. The van der Waals surface area contributed by atoms with Crippen molar-refractivity contribution in [1.29, 1.82) is 0 Å². The largest absolute Gasteiger partial charge is 0.439 e. The molecule has 2 aromatic carbocycles. The number of amides is 1. The number of ether oxygens (including phenoxy) is 1. The summed E-state index contributed by atoms with van der Waals surface area (Å²) in [5, 5.41) is 3.40. The zero-order chi connectivity index (χ0) is 23.4. The van der Waals surface area contributed by atoms with Crippen LogP contribution < -0.4 is 10.1 Å². The van der Waals surface area contributed by atoms with Gasteiger partial charge in [0.25, 0.3) is 0 Å². The predicted octanol–water partition coefficient (Wildman–Crippen LogP) is 5.69. The van der Waals surface area contributed by atoms with Crippen molar-refractivity contribution in [1.82, 2.24) is 19.5 Å². The van der Waals surface area contributed by atoms with Gasteiger partial charge in [-0.3, -0.25) is 9.36 Å². The van der Waals surface area contributed by atoms with Crippen molar-refractivity contribution in [3.05, 3.63) is 94.8 Å². The van der Waals surface area contributed by atoms with Gasteiger partial charge < -0.3 is 10.1 Å². The second-order valence-electron chi connectivity index (χ2n) is 7.37. The van der Waals surface area contributed by atoms with Crippen LogP contribution in [0.25, 0.3) is 11.9 Å². The molecule has 33 heavy (non-hydrogen) atoms. The Balaban J connectivity index is 1.43. The molecule has 0 bridgehead atoms. The maximum Gasteiger partial charge on any atom is 0.248 e. The summed E-state index contributed by atoms with van der Waals surface area (Å²) in [6.45, 7) is 5.74. The van der Waals surface area contributed by atoms with Gasteiger partial charge >= 0.3 is 0 Å². The second kappa shape index (κ2) is 9.67. The quantitative estimate of drug-likeness (QED) is 0.375. The Morgan fingerprint density at radius 3 is 2.52 bits per heavy atom. The van der Waals surface area contributed by atoms with E-state index in [4.69, 9.17) is 16.3 Å². The number of aryl methyl sites for hydroxylation is 2. The van der Waals surface area contributed by atoms with Gasteiger partial charge in [0, 0.05) is 28.5 Å². The summed E-state index contributed by atoms with van der Waals surface area (Å²) in [6, 6.07) is 16.1. The van der Waals surface area contributed by atoms with Crippen LogP contribution in [-0.4, -0.2) is 25.4 Å². The molecule has 4 aromatic rings. The summed E-state index contributed by atoms with van der Waals surface area (Å²) in [5.74, 6) is 2.02. The van der Waals surface area contributed by atoms with Gasteiger partial charge in [0.2, 0.25) is 11.8 Å². The molecule has 1 amide bonds. The minimum absolute atomic E-state index is 0.259. The molecule has 0 aliphatic rings. The molecule has 166 valence electrons. The Hall–Kier alpha value is -3.97. The molecule has 0 saturated heterocycles. The van der Waals surface area contributed by atoms with E-state index in [0.717, 1.165) is 17.0 Å². The van der Waals surface area contributed by atoms with Crippen molar-refractivity contribution < 1.29 is 9.53 Å². The van der Waals surface area contributed by atoms with E-state index >= 15 is 0 Å². The lowest BCUT2D eigenvalue weighted by molar-refractivity contribution is -0.111. The topological polar surface area (TPSA) is 81.9 Å². The van der Waals surface area contributed by atoms with Crippen LogP contribution >= 0.6 is 11.6 Å². The van der Waals surface area contributed by atoms with Crippen molar-refractivity contribution >= 4 is 29.3 Å². The predicted molar refractivity (Wildman–Crippen MR) is 129 cm³/mol. The lowest BCUT2D eigenvalue weighted by Gasteiger charge is -2.10. The minimum Gasteiger partial charge on any atom is -0.439 e. The van der Waals surface area contributed by atoms with E-state index in [1.807, 2.05) is 43.5 Å². The number of benzene rings is 2. The van der Waals surface area contributed by atoms with Crippen LogP contribution in [0.1, 0.15) is 22.8 Å². The first-order valence-corrected chi connectivity index (χ1v) is 10.6. The number of hydrogen-bond donors (Lipinski definition) is 1. The third-order valence-electron chi connectivity index (χ3n) is 4.96. The van der Waals surface area contributed by atoms with Crippen LogP contribution in [0, 0.1) is 20.8 Å². The summed E-state index contributed by atoms with van der Waals surface area (Å²) >= 11 is 6.10. The number of rotatable bonds is 6. The maximum absolute atomic E-state index is 12.2. The number of anilines is 1. The lowest BCUT2D eigenvalue weighted by atomic mass is 10.2. The Bertz CT molecular complexity index is 1330. The Morgan fingerprint density at radius 1 is 1.06 bits per heavy atom. The van der Waals surface area contributed by atoms with E-state index in [9.17, 15) is 4.79 Å². The molecule has 0 fully saturated rings. The molecule has 7 nitrogen and oxygen atoms in total. The summed E-state index contributed by atoms with van der Waals surface area (Å²) in [4.78, 5) is 25.4. The monoisotopic (exact) mass is 459 g/mol. The van der Waals surface area contributed by atoms with Gasteiger partial charge in [-0.2, -0.15) is 4.98 Å². The van der Waals surface area contributed by atoms with Gasteiger partial charge in [-0.25, -0.2) is 9.97 Å². The van der Waals surface area contributed by atoms with Gasteiger partial charge in [-0.1, -0.05) is 29.8 Å². The minimum atomic E-state index is -0.259. The van der Waals surface area contributed by atoms with Gasteiger partial charge in [0.15, 0.2) is 0 Å². The van der Waals surface area contributed by atoms with Gasteiger partial charge in [0.05, 0.1) is 5.69 Å². The van der Waals surface area contributed by atoms with Crippen LogP contribution in [0.2, 0.25) is 5.02 Å². The van der Waals surface area contributed by atoms with Crippen LogP contribution in [0.15, 0.2) is 67.0 Å². The number of aromatic nitrogens is 4. The zero-order valence-corrected chi connectivity index (χ0v) is 19.2. The SMILES string of the molecule is Cc1nc(Oc2ccc(NC(=O)/C=C/c3ccccc3Cl)cc2)cc(-n2cnc(C)c2C)n1. The fraction of sp³-hybridized carbons (Fsp3) is 0.120. The summed E-state index contributed by atoms with van der Waals surface area (Å²) in [5.41, 5.74) is 3.36. The molecular formula is C25H22ClN5O2. The van der Waals surface area contributed by atoms with E-state index < -0.39 is 0 Å². The van der Waals surface area contributed by atoms with Crippen LogP contribution in [0.3, 0.4) is 0 Å². The summed E-state index contributed by atoms with van der Waals surface area (Å²) < 4.78 is 7.81. The Labute approximate surface area is 196 Å². The molecule has 0 radical (unpaired) electrons. The molecule has 4 rings (SSSR count). The molecule has 0 unspecified atom stereocenters. The number of carbonyl (C=O) groups excluding carboxylic acids is 1. The highest BCUT2D eigenvalue weighted by molar-refractivity contribution is 6.32. The van der Waals surface area contributed by atoms with E-state index in [1.165, 1.54) is 6.08 Å². The normalized spacial score (nSPS) is 11.0. The molecular weight excluding hydrogens is 438 g/mol. The molecule has 2 aromatic heterocycles.